The lowest BCUT2D eigenvalue weighted by Crippen LogP contribution is -2.38. The van der Waals surface area contributed by atoms with Crippen molar-refractivity contribution in [1.82, 2.24) is 0 Å². The molecule has 2 fully saturated rings. The number of halogens is 1. The van der Waals surface area contributed by atoms with Gasteiger partial charge in [0.2, 0.25) is 0 Å². The number of amidine groups is 1. The highest BCUT2D eigenvalue weighted by atomic mass is 35.5. The average Bonchev–Trinajstić information content (AvgIpc) is 3.00. The van der Waals surface area contributed by atoms with Crippen molar-refractivity contribution in [2.24, 2.45) is 10.9 Å². The number of amides is 1. The molecule has 136 valence electrons. The molecule has 1 aromatic carbocycles. The number of rotatable bonds is 3. The first-order valence-corrected chi connectivity index (χ1v) is 11.3. The van der Waals surface area contributed by atoms with E-state index >= 15 is 0 Å². The summed E-state index contributed by atoms with van der Waals surface area (Å²) in [5, 5.41) is 1.05. The molecular formula is C17H21ClN2O3S2. The van der Waals surface area contributed by atoms with Crippen LogP contribution in [0.25, 0.3) is 0 Å². The zero-order valence-electron chi connectivity index (χ0n) is 14.4. The summed E-state index contributed by atoms with van der Waals surface area (Å²) in [6, 6.07) is 5.30. The van der Waals surface area contributed by atoms with Gasteiger partial charge in [0.05, 0.1) is 17.5 Å². The number of hydrogen-bond donors (Lipinski definition) is 0. The molecule has 2 aliphatic rings. The third-order valence-electron chi connectivity index (χ3n) is 4.74. The average molecular weight is 401 g/mol. The standard InChI is InChI=1S/C17H21ClN2O3S2/c1-4-10(2)16(21)19-17-20(13-7-12(18)6-5-11(13)3)14-8-25(22,23)9-15(14)24-17/h5-7,10,14-15H,4,8-9H2,1-3H3/t10-,14-,15+/m0/s1. The zero-order valence-corrected chi connectivity index (χ0v) is 16.8. The summed E-state index contributed by atoms with van der Waals surface area (Å²) in [5.41, 5.74) is 1.79. The molecule has 25 heavy (non-hydrogen) atoms. The van der Waals surface area contributed by atoms with Crippen molar-refractivity contribution in [2.75, 3.05) is 16.4 Å². The lowest BCUT2D eigenvalue weighted by Gasteiger charge is -2.26. The number of sulfone groups is 1. The summed E-state index contributed by atoms with van der Waals surface area (Å²) in [7, 11) is -3.08. The van der Waals surface area contributed by atoms with Crippen LogP contribution in [0.1, 0.15) is 25.8 Å². The first kappa shape index (κ1) is 18.7. The van der Waals surface area contributed by atoms with Crippen LogP contribution in [0.15, 0.2) is 23.2 Å². The summed E-state index contributed by atoms with van der Waals surface area (Å²) in [4.78, 5) is 18.6. The summed E-state index contributed by atoms with van der Waals surface area (Å²) >= 11 is 7.55. The molecule has 0 bridgehead atoms. The van der Waals surface area contributed by atoms with Gasteiger partial charge in [-0.25, -0.2) is 8.42 Å². The Labute approximate surface area is 157 Å². The van der Waals surface area contributed by atoms with E-state index in [1.165, 1.54) is 11.8 Å². The van der Waals surface area contributed by atoms with Crippen LogP contribution in [0.4, 0.5) is 5.69 Å². The monoisotopic (exact) mass is 400 g/mol. The Kier molecular flexibility index (Phi) is 5.19. The van der Waals surface area contributed by atoms with E-state index in [1.54, 1.807) is 6.07 Å². The molecule has 5 nitrogen and oxygen atoms in total. The van der Waals surface area contributed by atoms with E-state index in [-0.39, 0.29) is 34.6 Å². The number of carbonyl (C=O) groups is 1. The summed E-state index contributed by atoms with van der Waals surface area (Å²) < 4.78 is 24.2. The Balaban J connectivity index is 2.05. The highest BCUT2D eigenvalue weighted by Crippen LogP contribution is 2.42. The summed E-state index contributed by atoms with van der Waals surface area (Å²) in [6.45, 7) is 5.75. The molecule has 2 saturated heterocycles. The Morgan fingerprint density at radius 1 is 1.44 bits per heavy atom. The van der Waals surface area contributed by atoms with Gasteiger partial charge in [-0.2, -0.15) is 4.99 Å². The molecule has 0 spiro atoms. The minimum atomic E-state index is -3.08. The fourth-order valence-electron chi connectivity index (χ4n) is 3.07. The predicted molar refractivity (Wildman–Crippen MR) is 104 cm³/mol. The van der Waals surface area contributed by atoms with Crippen LogP contribution in [-0.2, 0) is 14.6 Å². The number of anilines is 1. The largest absolute Gasteiger partial charge is 0.315 e. The van der Waals surface area contributed by atoms with E-state index in [0.717, 1.165) is 17.7 Å². The maximum Gasteiger partial charge on any atom is 0.250 e. The molecule has 2 aliphatic heterocycles. The number of hydrogen-bond acceptors (Lipinski definition) is 4. The molecule has 1 aromatic rings. The van der Waals surface area contributed by atoms with Crippen molar-refractivity contribution in [1.29, 1.82) is 0 Å². The molecule has 0 aromatic heterocycles. The molecule has 0 N–H and O–H groups in total. The van der Waals surface area contributed by atoms with Crippen LogP contribution in [0.2, 0.25) is 5.02 Å². The first-order chi connectivity index (χ1) is 11.7. The van der Waals surface area contributed by atoms with Crippen LogP contribution in [0.3, 0.4) is 0 Å². The van der Waals surface area contributed by atoms with Gasteiger partial charge in [-0.05, 0) is 31.0 Å². The Morgan fingerprint density at radius 3 is 2.84 bits per heavy atom. The minimum Gasteiger partial charge on any atom is -0.315 e. The molecule has 0 radical (unpaired) electrons. The fraction of sp³-hybridized carbons (Fsp3) is 0.529. The lowest BCUT2D eigenvalue weighted by atomic mass is 10.1. The van der Waals surface area contributed by atoms with E-state index in [9.17, 15) is 13.2 Å². The summed E-state index contributed by atoms with van der Waals surface area (Å²) in [5.74, 6) is -0.126. The fourth-order valence-corrected chi connectivity index (χ4v) is 7.15. The number of fused-ring (bicyclic) bond motifs is 1. The van der Waals surface area contributed by atoms with Crippen molar-refractivity contribution in [3.05, 3.63) is 28.8 Å². The van der Waals surface area contributed by atoms with E-state index in [2.05, 4.69) is 4.99 Å². The second-order valence-electron chi connectivity index (χ2n) is 6.64. The molecule has 2 heterocycles. The van der Waals surface area contributed by atoms with Gasteiger partial charge in [-0.3, -0.25) is 4.79 Å². The molecular weight excluding hydrogens is 380 g/mol. The van der Waals surface area contributed by atoms with Crippen LogP contribution < -0.4 is 4.90 Å². The molecule has 3 rings (SSSR count). The van der Waals surface area contributed by atoms with Crippen LogP contribution in [0, 0.1) is 12.8 Å². The van der Waals surface area contributed by atoms with E-state index in [4.69, 9.17) is 11.6 Å². The van der Waals surface area contributed by atoms with Gasteiger partial charge in [-0.1, -0.05) is 43.3 Å². The SMILES string of the molecule is CC[C@H](C)C(=O)N=C1S[C@@H]2CS(=O)(=O)C[C@@H]2N1c1cc(Cl)ccc1C. The smallest absolute Gasteiger partial charge is 0.250 e. The van der Waals surface area contributed by atoms with Crippen LogP contribution >= 0.6 is 23.4 Å². The van der Waals surface area contributed by atoms with Gasteiger partial charge < -0.3 is 4.90 Å². The lowest BCUT2D eigenvalue weighted by molar-refractivity contribution is -0.121. The van der Waals surface area contributed by atoms with E-state index in [0.29, 0.717) is 10.2 Å². The number of aliphatic imine (C=N–C) groups is 1. The molecule has 8 heteroatoms. The Morgan fingerprint density at radius 2 is 2.16 bits per heavy atom. The van der Waals surface area contributed by atoms with Crippen LogP contribution in [-0.4, -0.2) is 42.3 Å². The zero-order chi connectivity index (χ0) is 18.4. The van der Waals surface area contributed by atoms with Crippen molar-refractivity contribution < 1.29 is 13.2 Å². The maximum atomic E-state index is 12.3. The highest BCUT2D eigenvalue weighted by molar-refractivity contribution is 8.16. The first-order valence-electron chi connectivity index (χ1n) is 8.27. The number of carbonyl (C=O) groups excluding carboxylic acids is 1. The quantitative estimate of drug-likeness (QED) is 0.778. The van der Waals surface area contributed by atoms with E-state index < -0.39 is 9.84 Å². The summed E-state index contributed by atoms with van der Waals surface area (Å²) in [6.07, 6.45) is 0.720. The normalized spacial score (nSPS) is 27.5. The third-order valence-corrected chi connectivity index (χ3v) is 8.18. The van der Waals surface area contributed by atoms with Gasteiger partial charge in [-0.15, -0.1) is 0 Å². The number of nitrogens with zero attached hydrogens (tertiary/aromatic N) is 2. The molecule has 0 unspecified atom stereocenters. The molecule has 0 saturated carbocycles. The third kappa shape index (κ3) is 3.73. The Hall–Kier alpha value is -1.05. The predicted octanol–water partition coefficient (Wildman–Crippen LogP) is 3.30. The second-order valence-corrected chi connectivity index (χ2v) is 10.4. The number of thioether (sulfide) groups is 1. The number of aryl methyl sites for hydroxylation is 1. The van der Waals surface area contributed by atoms with Gasteiger partial charge in [0.25, 0.3) is 5.91 Å². The molecule has 0 aliphatic carbocycles. The minimum absolute atomic E-state index is 0.0765. The highest BCUT2D eigenvalue weighted by Gasteiger charge is 2.49. The van der Waals surface area contributed by atoms with Crippen molar-refractivity contribution >= 4 is 50.0 Å². The van der Waals surface area contributed by atoms with Gasteiger partial charge >= 0.3 is 0 Å². The maximum absolute atomic E-state index is 12.3. The van der Waals surface area contributed by atoms with Crippen molar-refractivity contribution in [3.8, 4) is 0 Å². The topological polar surface area (TPSA) is 66.8 Å². The van der Waals surface area contributed by atoms with Crippen LogP contribution in [0.5, 0.6) is 0 Å². The van der Waals surface area contributed by atoms with Crippen molar-refractivity contribution in [3.63, 3.8) is 0 Å². The van der Waals surface area contributed by atoms with Crippen molar-refractivity contribution in [2.45, 2.75) is 38.5 Å². The van der Waals surface area contributed by atoms with Gasteiger partial charge in [0.15, 0.2) is 15.0 Å². The molecule has 1 amide bonds. The van der Waals surface area contributed by atoms with E-state index in [1.807, 2.05) is 37.8 Å². The van der Waals surface area contributed by atoms with Gasteiger partial charge in [0, 0.05) is 21.9 Å². The Bertz CT molecular complexity index is 838. The molecule has 3 atom stereocenters. The number of benzene rings is 1. The second kappa shape index (κ2) is 6.93. The van der Waals surface area contributed by atoms with Gasteiger partial charge in [0.1, 0.15) is 0 Å².